The summed E-state index contributed by atoms with van der Waals surface area (Å²) in [5.41, 5.74) is -1.71. The van der Waals surface area contributed by atoms with E-state index in [1.54, 1.807) is 0 Å². The molecule has 0 aliphatic carbocycles. The van der Waals surface area contributed by atoms with Crippen LogP contribution in [0.5, 0.6) is 5.75 Å². The van der Waals surface area contributed by atoms with Crippen LogP contribution in [0.4, 0.5) is 18.0 Å². The Hall–Kier alpha value is -3.03. The lowest BCUT2D eigenvalue weighted by molar-refractivity contribution is -0.131. The molecule has 0 saturated carbocycles. The van der Waals surface area contributed by atoms with E-state index >= 15 is 0 Å². The molecule has 1 heterocycles. The summed E-state index contributed by atoms with van der Waals surface area (Å²) in [5.74, 6) is -2.22. The number of carbonyl (C=O) groups excluding carboxylic acids is 2. The van der Waals surface area contributed by atoms with Crippen molar-refractivity contribution in [3.8, 4) is 5.75 Å². The SMILES string of the molecule is CC1(c2ccc(F)cc2F)NC(=O)N(CCCOc2ccc(F)cc2)C1=O. The second kappa shape index (κ2) is 7.30. The van der Waals surface area contributed by atoms with Crippen LogP contribution in [0.15, 0.2) is 42.5 Å². The highest BCUT2D eigenvalue weighted by Gasteiger charge is 2.49. The van der Waals surface area contributed by atoms with Gasteiger partial charge in [0.25, 0.3) is 5.91 Å². The van der Waals surface area contributed by atoms with Crippen molar-refractivity contribution < 1.29 is 27.5 Å². The van der Waals surface area contributed by atoms with Crippen molar-refractivity contribution in [3.05, 3.63) is 65.5 Å². The molecule has 0 aromatic heterocycles. The largest absolute Gasteiger partial charge is 0.494 e. The Kier molecular flexibility index (Phi) is 5.07. The van der Waals surface area contributed by atoms with Gasteiger partial charge in [-0.25, -0.2) is 18.0 Å². The van der Waals surface area contributed by atoms with Gasteiger partial charge in [0, 0.05) is 18.2 Å². The fourth-order valence-electron chi connectivity index (χ4n) is 2.92. The Morgan fingerprint density at radius 2 is 1.70 bits per heavy atom. The second-order valence-electron chi connectivity index (χ2n) is 6.29. The van der Waals surface area contributed by atoms with Crippen molar-refractivity contribution in [2.75, 3.05) is 13.2 Å². The summed E-state index contributed by atoms with van der Waals surface area (Å²) in [6.07, 6.45) is 0.332. The van der Waals surface area contributed by atoms with Gasteiger partial charge < -0.3 is 10.1 Å². The lowest BCUT2D eigenvalue weighted by Gasteiger charge is -2.22. The normalized spacial score (nSPS) is 19.3. The van der Waals surface area contributed by atoms with Crippen LogP contribution in [-0.4, -0.2) is 30.0 Å². The van der Waals surface area contributed by atoms with E-state index in [-0.39, 0.29) is 24.5 Å². The van der Waals surface area contributed by atoms with Crippen molar-refractivity contribution >= 4 is 11.9 Å². The van der Waals surface area contributed by atoms with E-state index in [4.69, 9.17) is 4.74 Å². The number of urea groups is 1. The lowest BCUT2D eigenvalue weighted by atomic mass is 9.91. The molecule has 1 N–H and O–H groups in total. The van der Waals surface area contributed by atoms with Crippen molar-refractivity contribution in [1.29, 1.82) is 0 Å². The first kappa shape index (κ1) is 18.8. The smallest absolute Gasteiger partial charge is 0.325 e. The Labute approximate surface area is 153 Å². The van der Waals surface area contributed by atoms with E-state index in [2.05, 4.69) is 5.32 Å². The number of rotatable bonds is 6. The van der Waals surface area contributed by atoms with Gasteiger partial charge >= 0.3 is 6.03 Å². The molecular weight excluding hydrogens is 361 g/mol. The topological polar surface area (TPSA) is 58.6 Å². The number of amides is 3. The second-order valence-corrected chi connectivity index (χ2v) is 6.29. The fourth-order valence-corrected chi connectivity index (χ4v) is 2.92. The summed E-state index contributed by atoms with van der Waals surface area (Å²) in [5, 5.41) is 2.46. The van der Waals surface area contributed by atoms with Crippen LogP contribution in [0.2, 0.25) is 0 Å². The van der Waals surface area contributed by atoms with Gasteiger partial charge in [-0.1, -0.05) is 6.07 Å². The molecule has 142 valence electrons. The minimum Gasteiger partial charge on any atom is -0.494 e. The standard InChI is InChI=1S/C19H17F3N2O3/c1-19(15-8-5-13(21)11-16(15)22)17(25)24(18(26)23-19)9-2-10-27-14-6-3-12(20)4-7-14/h3-8,11H,2,9-10H2,1H3,(H,23,26). The van der Waals surface area contributed by atoms with Gasteiger partial charge in [-0.15, -0.1) is 0 Å². The van der Waals surface area contributed by atoms with Gasteiger partial charge in [-0.2, -0.15) is 0 Å². The number of halogens is 3. The molecular formula is C19H17F3N2O3. The average molecular weight is 378 g/mol. The molecule has 1 saturated heterocycles. The van der Waals surface area contributed by atoms with Crippen LogP contribution < -0.4 is 10.1 Å². The zero-order valence-corrected chi connectivity index (χ0v) is 14.5. The van der Waals surface area contributed by atoms with Gasteiger partial charge in [-0.3, -0.25) is 9.69 Å². The number of nitrogens with zero attached hydrogens (tertiary/aromatic N) is 1. The van der Waals surface area contributed by atoms with Crippen LogP contribution in [0, 0.1) is 17.5 Å². The van der Waals surface area contributed by atoms with E-state index in [0.717, 1.165) is 17.0 Å². The van der Waals surface area contributed by atoms with Crippen molar-refractivity contribution in [2.45, 2.75) is 18.9 Å². The molecule has 1 fully saturated rings. The van der Waals surface area contributed by atoms with Crippen molar-refractivity contribution in [1.82, 2.24) is 10.2 Å². The van der Waals surface area contributed by atoms with Crippen LogP contribution in [-0.2, 0) is 10.3 Å². The molecule has 0 spiro atoms. The average Bonchev–Trinajstić information content (AvgIpc) is 2.83. The first-order valence-corrected chi connectivity index (χ1v) is 8.29. The van der Waals surface area contributed by atoms with Crippen molar-refractivity contribution in [2.24, 2.45) is 0 Å². The molecule has 3 rings (SSSR count). The van der Waals surface area contributed by atoms with E-state index in [9.17, 15) is 22.8 Å². The number of nitrogens with one attached hydrogen (secondary N) is 1. The van der Waals surface area contributed by atoms with Crippen LogP contribution >= 0.6 is 0 Å². The van der Waals surface area contributed by atoms with E-state index in [1.807, 2.05) is 0 Å². The number of benzene rings is 2. The Morgan fingerprint density at radius 3 is 2.37 bits per heavy atom. The first-order chi connectivity index (χ1) is 12.8. The molecule has 1 aliphatic heterocycles. The molecule has 1 aliphatic rings. The number of imide groups is 1. The Bertz CT molecular complexity index is 873. The third-order valence-electron chi connectivity index (χ3n) is 4.35. The van der Waals surface area contributed by atoms with Gasteiger partial charge in [0.05, 0.1) is 6.61 Å². The maximum atomic E-state index is 14.1. The van der Waals surface area contributed by atoms with E-state index in [0.29, 0.717) is 18.2 Å². The quantitative estimate of drug-likeness (QED) is 0.620. The van der Waals surface area contributed by atoms with Crippen LogP contribution in [0.25, 0.3) is 0 Å². The predicted molar refractivity (Wildman–Crippen MR) is 90.5 cm³/mol. The highest BCUT2D eigenvalue weighted by atomic mass is 19.1. The number of hydrogen-bond donors (Lipinski definition) is 1. The summed E-state index contributed by atoms with van der Waals surface area (Å²) in [4.78, 5) is 25.8. The maximum Gasteiger partial charge on any atom is 0.325 e. The molecule has 0 bridgehead atoms. The van der Waals surface area contributed by atoms with E-state index in [1.165, 1.54) is 31.2 Å². The van der Waals surface area contributed by atoms with Gasteiger partial charge in [0.2, 0.25) is 0 Å². The third-order valence-corrected chi connectivity index (χ3v) is 4.35. The third kappa shape index (κ3) is 3.74. The van der Waals surface area contributed by atoms with Gasteiger partial charge in [-0.05, 0) is 43.7 Å². The van der Waals surface area contributed by atoms with Gasteiger partial charge in [0.1, 0.15) is 28.7 Å². The highest BCUT2D eigenvalue weighted by Crippen LogP contribution is 2.31. The summed E-state index contributed by atoms with van der Waals surface area (Å²) >= 11 is 0. The number of hydrogen-bond acceptors (Lipinski definition) is 3. The monoisotopic (exact) mass is 378 g/mol. The van der Waals surface area contributed by atoms with Crippen LogP contribution in [0.3, 0.4) is 0 Å². The number of carbonyl (C=O) groups is 2. The molecule has 1 unspecified atom stereocenters. The maximum absolute atomic E-state index is 14.1. The summed E-state index contributed by atoms with van der Waals surface area (Å²) in [6.45, 7) is 1.63. The minimum atomic E-state index is -1.60. The number of ether oxygens (including phenoxy) is 1. The highest BCUT2D eigenvalue weighted by molar-refractivity contribution is 6.07. The molecule has 3 amide bonds. The molecule has 2 aromatic carbocycles. The van der Waals surface area contributed by atoms with E-state index < -0.39 is 29.1 Å². The first-order valence-electron chi connectivity index (χ1n) is 8.29. The summed E-state index contributed by atoms with van der Waals surface area (Å²) in [7, 11) is 0. The fraction of sp³-hybridized carbons (Fsp3) is 0.263. The lowest BCUT2D eigenvalue weighted by Crippen LogP contribution is -2.41. The minimum absolute atomic E-state index is 0.0598. The van der Waals surface area contributed by atoms with Crippen LogP contribution in [0.1, 0.15) is 18.9 Å². The molecule has 1 atom stereocenters. The zero-order valence-electron chi connectivity index (χ0n) is 14.5. The zero-order chi connectivity index (χ0) is 19.6. The Morgan fingerprint density at radius 1 is 1.04 bits per heavy atom. The molecule has 27 heavy (non-hydrogen) atoms. The Balaban J connectivity index is 1.62. The van der Waals surface area contributed by atoms with Gasteiger partial charge in [0.15, 0.2) is 0 Å². The molecule has 0 radical (unpaired) electrons. The molecule has 2 aromatic rings. The summed E-state index contributed by atoms with van der Waals surface area (Å²) < 4.78 is 45.5. The molecule has 5 nitrogen and oxygen atoms in total. The van der Waals surface area contributed by atoms with Crippen molar-refractivity contribution in [3.63, 3.8) is 0 Å². The summed E-state index contributed by atoms with van der Waals surface area (Å²) in [6, 6.07) is 7.64. The predicted octanol–water partition coefficient (Wildman–Crippen LogP) is 3.34. The molecule has 8 heteroatoms.